The van der Waals surface area contributed by atoms with E-state index in [0.717, 1.165) is 18.8 Å². The number of nitrogens with zero attached hydrogens (tertiary/aromatic N) is 3. The number of carbonyl (C=O) groups is 1. The predicted molar refractivity (Wildman–Crippen MR) is 73.9 cm³/mol. The molecule has 1 atom stereocenters. The highest BCUT2D eigenvalue weighted by atomic mass is 16.5. The number of aryl methyl sites for hydroxylation is 1. The van der Waals surface area contributed by atoms with Crippen molar-refractivity contribution in [3.05, 3.63) is 12.2 Å². The standard InChI is InChI=1S/C14H25N3O2/c1-6-8-17-12(15-10-16-17)9-11(18)13(19-7-2)14(3,4)5/h10,13H,6-9H2,1-5H3. The Morgan fingerprint density at radius 1 is 1.42 bits per heavy atom. The molecule has 1 rings (SSSR count). The van der Waals surface area contributed by atoms with Crippen LogP contribution in [0.5, 0.6) is 0 Å². The van der Waals surface area contributed by atoms with Crippen LogP contribution in [0.15, 0.2) is 6.33 Å². The maximum absolute atomic E-state index is 12.4. The molecule has 0 fully saturated rings. The molecule has 5 nitrogen and oxygen atoms in total. The number of aromatic nitrogens is 3. The highest BCUT2D eigenvalue weighted by Gasteiger charge is 2.32. The molecule has 1 heterocycles. The number of rotatable bonds is 7. The van der Waals surface area contributed by atoms with E-state index in [2.05, 4.69) is 17.0 Å². The second-order valence-electron chi connectivity index (χ2n) is 5.74. The first-order valence-electron chi connectivity index (χ1n) is 6.91. The van der Waals surface area contributed by atoms with Crippen molar-refractivity contribution in [2.45, 2.75) is 60.1 Å². The number of ketones is 1. The average Bonchev–Trinajstić information content (AvgIpc) is 2.72. The Bertz CT molecular complexity index is 407. The van der Waals surface area contributed by atoms with Crippen LogP contribution in [0.25, 0.3) is 0 Å². The molecular formula is C14H25N3O2. The van der Waals surface area contributed by atoms with Crippen molar-refractivity contribution in [2.24, 2.45) is 5.41 Å². The van der Waals surface area contributed by atoms with Gasteiger partial charge in [-0.3, -0.25) is 4.79 Å². The van der Waals surface area contributed by atoms with Crippen LogP contribution < -0.4 is 0 Å². The summed E-state index contributed by atoms with van der Waals surface area (Å²) in [5.74, 6) is 0.792. The van der Waals surface area contributed by atoms with Crippen LogP contribution in [0.1, 0.15) is 46.9 Å². The van der Waals surface area contributed by atoms with E-state index in [4.69, 9.17) is 4.74 Å². The van der Waals surface area contributed by atoms with Crippen LogP contribution in [0, 0.1) is 5.41 Å². The molecule has 1 unspecified atom stereocenters. The fraction of sp³-hybridized carbons (Fsp3) is 0.786. The van der Waals surface area contributed by atoms with Gasteiger partial charge in [0.1, 0.15) is 18.3 Å². The van der Waals surface area contributed by atoms with Crippen molar-refractivity contribution in [3.8, 4) is 0 Å². The van der Waals surface area contributed by atoms with Crippen molar-refractivity contribution >= 4 is 5.78 Å². The highest BCUT2D eigenvalue weighted by Crippen LogP contribution is 2.24. The summed E-state index contributed by atoms with van der Waals surface area (Å²) >= 11 is 0. The Labute approximate surface area is 115 Å². The van der Waals surface area contributed by atoms with Gasteiger partial charge < -0.3 is 4.74 Å². The number of ether oxygens (including phenoxy) is 1. The third-order valence-corrected chi connectivity index (χ3v) is 2.88. The van der Waals surface area contributed by atoms with Crippen molar-refractivity contribution in [1.82, 2.24) is 14.8 Å². The van der Waals surface area contributed by atoms with E-state index in [0.29, 0.717) is 6.61 Å². The molecule has 108 valence electrons. The first kappa shape index (κ1) is 15.8. The zero-order valence-corrected chi connectivity index (χ0v) is 12.6. The Balaban J connectivity index is 2.78. The van der Waals surface area contributed by atoms with E-state index in [1.54, 1.807) is 4.68 Å². The molecule has 0 N–H and O–H groups in total. The van der Waals surface area contributed by atoms with E-state index in [9.17, 15) is 4.79 Å². The summed E-state index contributed by atoms with van der Waals surface area (Å²) in [6.07, 6.45) is 2.36. The number of hydrogen-bond donors (Lipinski definition) is 0. The summed E-state index contributed by atoms with van der Waals surface area (Å²) in [7, 11) is 0. The highest BCUT2D eigenvalue weighted by molar-refractivity contribution is 5.85. The summed E-state index contributed by atoms with van der Waals surface area (Å²) in [5.41, 5.74) is -0.206. The van der Waals surface area contributed by atoms with Gasteiger partial charge in [-0.1, -0.05) is 27.7 Å². The van der Waals surface area contributed by atoms with Gasteiger partial charge in [0, 0.05) is 13.2 Å². The molecule has 0 spiro atoms. The van der Waals surface area contributed by atoms with Crippen LogP contribution in [-0.2, 0) is 22.5 Å². The first-order chi connectivity index (χ1) is 8.90. The zero-order chi connectivity index (χ0) is 14.5. The summed E-state index contributed by atoms with van der Waals surface area (Å²) in [6.45, 7) is 11.4. The van der Waals surface area contributed by atoms with Gasteiger partial charge in [-0.05, 0) is 18.8 Å². The minimum Gasteiger partial charge on any atom is -0.370 e. The van der Waals surface area contributed by atoms with E-state index < -0.39 is 6.10 Å². The molecular weight excluding hydrogens is 242 g/mol. The SMILES string of the molecule is CCCn1ncnc1CC(=O)C(OCC)C(C)(C)C. The monoisotopic (exact) mass is 267 g/mol. The van der Waals surface area contributed by atoms with Gasteiger partial charge in [0.2, 0.25) is 0 Å². The lowest BCUT2D eigenvalue weighted by Crippen LogP contribution is -2.38. The van der Waals surface area contributed by atoms with Gasteiger partial charge in [-0.25, -0.2) is 9.67 Å². The van der Waals surface area contributed by atoms with Crippen molar-refractivity contribution in [3.63, 3.8) is 0 Å². The number of hydrogen-bond acceptors (Lipinski definition) is 4. The van der Waals surface area contributed by atoms with Gasteiger partial charge in [0.15, 0.2) is 5.78 Å². The van der Waals surface area contributed by atoms with Crippen molar-refractivity contribution in [2.75, 3.05) is 6.61 Å². The molecule has 0 saturated heterocycles. The normalized spacial score (nSPS) is 13.5. The lowest BCUT2D eigenvalue weighted by Gasteiger charge is -2.29. The predicted octanol–water partition coefficient (Wildman–Crippen LogP) is 2.25. The van der Waals surface area contributed by atoms with Crippen LogP contribution in [0.4, 0.5) is 0 Å². The fourth-order valence-corrected chi connectivity index (χ4v) is 2.06. The van der Waals surface area contributed by atoms with Crippen LogP contribution in [0.3, 0.4) is 0 Å². The minimum absolute atomic E-state index is 0.0692. The first-order valence-corrected chi connectivity index (χ1v) is 6.91. The van der Waals surface area contributed by atoms with Crippen LogP contribution in [0.2, 0.25) is 0 Å². The Morgan fingerprint density at radius 3 is 2.63 bits per heavy atom. The van der Waals surface area contributed by atoms with Gasteiger partial charge in [-0.2, -0.15) is 5.10 Å². The molecule has 1 aromatic heterocycles. The number of carbonyl (C=O) groups excluding carboxylic acids is 1. The fourth-order valence-electron chi connectivity index (χ4n) is 2.06. The molecule has 0 saturated carbocycles. The molecule has 5 heteroatoms. The second kappa shape index (κ2) is 6.80. The second-order valence-corrected chi connectivity index (χ2v) is 5.74. The summed E-state index contributed by atoms with van der Waals surface area (Å²) in [4.78, 5) is 16.6. The largest absolute Gasteiger partial charge is 0.370 e. The third-order valence-electron chi connectivity index (χ3n) is 2.88. The van der Waals surface area contributed by atoms with E-state index in [1.807, 2.05) is 27.7 Å². The van der Waals surface area contributed by atoms with E-state index >= 15 is 0 Å². The zero-order valence-electron chi connectivity index (χ0n) is 12.6. The lowest BCUT2D eigenvalue weighted by atomic mass is 9.85. The Kier molecular flexibility index (Phi) is 5.66. The summed E-state index contributed by atoms with van der Waals surface area (Å²) < 4.78 is 7.41. The van der Waals surface area contributed by atoms with E-state index in [1.165, 1.54) is 6.33 Å². The molecule has 0 aliphatic rings. The molecule has 0 radical (unpaired) electrons. The average molecular weight is 267 g/mol. The molecule has 0 aromatic carbocycles. The molecule has 19 heavy (non-hydrogen) atoms. The van der Waals surface area contributed by atoms with Gasteiger partial charge in [0.05, 0.1) is 6.42 Å². The Morgan fingerprint density at radius 2 is 2.11 bits per heavy atom. The minimum atomic E-state index is -0.399. The maximum atomic E-state index is 12.4. The molecule has 0 amide bonds. The van der Waals surface area contributed by atoms with Crippen LogP contribution >= 0.6 is 0 Å². The third kappa shape index (κ3) is 4.42. The van der Waals surface area contributed by atoms with Gasteiger partial charge >= 0.3 is 0 Å². The maximum Gasteiger partial charge on any atom is 0.169 e. The molecule has 0 bridgehead atoms. The topological polar surface area (TPSA) is 57.0 Å². The molecule has 0 aliphatic carbocycles. The van der Waals surface area contributed by atoms with Crippen molar-refractivity contribution < 1.29 is 9.53 Å². The molecule has 1 aromatic rings. The molecule has 0 aliphatic heterocycles. The van der Waals surface area contributed by atoms with Gasteiger partial charge in [-0.15, -0.1) is 0 Å². The van der Waals surface area contributed by atoms with E-state index in [-0.39, 0.29) is 17.6 Å². The van der Waals surface area contributed by atoms with Gasteiger partial charge in [0.25, 0.3) is 0 Å². The lowest BCUT2D eigenvalue weighted by molar-refractivity contribution is -0.136. The Hall–Kier alpha value is -1.23. The van der Waals surface area contributed by atoms with Crippen LogP contribution in [-0.4, -0.2) is 33.3 Å². The smallest absolute Gasteiger partial charge is 0.169 e. The summed E-state index contributed by atoms with van der Waals surface area (Å²) in [5, 5.41) is 4.14. The van der Waals surface area contributed by atoms with Crippen molar-refractivity contribution in [1.29, 1.82) is 0 Å². The number of Topliss-reactive ketones (excluding diaryl/α,β-unsaturated/α-hetero) is 1. The quantitative estimate of drug-likeness (QED) is 0.760. The summed E-state index contributed by atoms with van der Waals surface area (Å²) in [6, 6.07) is 0.